The van der Waals surface area contributed by atoms with Gasteiger partial charge in [0.25, 0.3) is 0 Å². The zero-order valence-corrected chi connectivity index (χ0v) is 12.7. The van der Waals surface area contributed by atoms with Crippen molar-refractivity contribution in [2.75, 3.05) is 7.11 Å². The van der Waals surface area contributed by atoms with E-state index in [1.165, 1.54) is 13.2 Å². The first-order valence-electron chi connectivity index (χ1n) is 7.24. The highest BCUT2D eigenvalue weighted by Gasteiger charge is 2.10. The van der Waals surface area contributed by atoms with Crippen molar-refractivity contribution >= 4 is 12.0 Å². The minimum atomic E-state index is -0.392. The standard InChI is InChI=1S/C19H16N2O2/c1-23-18(22)13-12-16-14-21(17-10-6-3-7-11-17)20-19(16)15-8-4-2-5-9-15/h2-14H,1H3/b13-12+. The van der Waals surface area contributed by atoms with E-state index < -0.39 is 5.97 Å². The van der Waals surface area contributed by atoms with Crippen LogP contribution in [0.2, 0.25) is 0 Å². The van der Waals surface area contributed by atoms with Gasteiger partial charge in [0.15, 0.2) is 0 Å². The number of carbonyl (C=O) groups excluding carboxylic acids is 1. The number of carbonyl (C=O) groups is 1. The molecule has 4 nitrogen and oxygen atoms in total. The van der Waals surface area contributed by atoms with Crippen LogP contribution in [0.15, 0.2) is 72.9 Å². The van der Waals surface area contributed by atoms with E-state index in [1.807, 2.05) is 66.9 Å². The van der Waals surface area contributed by atoms with Gasteiger partial charge in [-0.3, -0.25) is 0 Å². The van der Waals surface area contributed by atoms with Crippen LogP contribution in [0.5, 0.6) is 0 Å². The molecule has 0 bridgehead atoms. The van der Waals surface area contributed by atoms with Crippen LogP contribution in [0.3, 0.4) is 0 Å². The smallest absolute Gasteiger partial charge is 0.330 e. The number of esters is 1. The molecule has 1 heterocycles. The molecule has 0 aliphatic heterocycles. The fourth-order valence-corrected chi connectivity index (χ4v) is 2.27. The maximum Gasteiger partial charge on any atom is 0.330 e. The Labute approximate surface area is 134 Å². The summed E-state index contributed by atoms with van der Waals surface area (Å²) in [7, 11) is 1.36. The van der Waals surface area contributed by atoms with Crippen molar-refractivity contribution in [3.63, 3.8) is 0 Å². The summed E-state index contributed by atoms with van der Waals surface area (Å²) in [6, 6.07) is 19.7. The molecule has 1 aromatic heterocycles. The van der Waals surface area contributed by atoms with E-state index in [0.717, 1.165) is 22.5 Å². The van der Waals surface area contributed by atoms with E-state index in [4.69, 9.17) is 0 Å². The fraction of sp³-hybridized carbons (Fsp3) is 0.0526. The Hall–Kier alpha value is -3.14. The van der Waals surface area contributed by atoms with Crippen LogP contribution in [-0.4, -0.2) is 22.9 Å². The molecular formula is C19H16N2O2. The lowest BCUT2D eigenvalue weighted by molar-refractivity contribution is -0.134. The lowest BCUT2D eigenvalue weighted by Crippen LogP contribution is -1.93. The predicted octanol–water partition coefficient (Wildman–Crippen LogP) is 3.73. The van der Waals surface area contributed by atoms with E-state index in [-0.39, 0.29) is 0 Å². The molecule has 0 aliphatic carbocycles. The van der Waals surface area contributed by atoms with Gasteiger partial charge in [0, 0.05) is 23.4 Å². The summed E-state index contributed by atoms with van der Waals surface area (Å²) in [6.45, 7) is 0. The van der Waals surface area contributed by atoms with Gasteiger partial charge in [0.2, 0.25) is 0 Å². The van der Waals surface area contributed by atoms with Crippen molar-refractivity contribution in [3.05, 3.63) is 78.5 Å². The molecule has 0 unspecified atom stereocenters. The SMILES string of the molecule is COC(=O)/C=C/c1cn(-c2ccccc2)nc1-c1ccccc1. The number of aromatic nitrogens is 2. The topological polar surface area (TPSA) is 44.1 Å². The van der Waals surface area contributed by atoms with E-state index >= 15 is 0 Å². The minimum Gasteiger partial charge on any atom is -0.466 e. The molecule has 0 radical (unpaired) electrons. The average molecular weight is 304 g/mol. The molecule has 3 rings (SSSR count). The second-order valence-electron chi connectivity index (χ2n) is 4.94. The van der Waals surface area contributed by atoms with Crippen LogP contribution >= 0.6 is 0 Å². The Morgan fingerprint density at radius 1 is 1.04 bits per heavy atom. The first-order valence-corrected chi connectivity index (χ1v) is 7.24. The van der Waals surface area contributed by atoms with Gasteiger partial charge in [-0.15, -0.1) is 0 Å². The van der Waals surface area contributed by atoms with E-state index in [0.29, 0.717) is 0 Å². The van der Waals surface area contributed by atoms with Crippen molar-refractivity contribution in [1.29, 1.82) is 0 Å². The Kier molecular flexibility index (Phi) is 4.34. The van der Waals surface area contributed by atoms with Crippen molar-refractivity contribution in [1.82, 2.24) is 9.78 Å². The van der Waals surface area contributed by atoms with Crippen LogP contribution in [0, 0.1) is 0 Å². The number of hydrogen-bond acceptors (Lipinski definition) is 3. The molecule has 0 saturated carbocycles. The highest BCUT2D eigenvalue weighted by molar-refractivity contribution is 5.88. The first kappa shape index (κ1) is 14.8. The van der Waals surface area contributed by atoms with E-state index in [1.54, 1.807) is 10.8 Å². The second-order valence-corrected chi connectivity index (χ2v) is 4.94. The van der Waals surface area contributed by atoms with Crippen molar-refractivity contribution in [2.45, 2.75) is 0 Å². The van der Waals surface area contributed by atoms with Gasteiger partial charge >= 0.3 is 5.97 Å². The summed E-state index contributed by atoms with van der Waals surface area (Å²) in [5.74, 6) is -0.392. The molecule has 0 saturated heterocycles. The van der Waals surface area contributed by atoms with Crippen LogP contribution in [0.25, 0.3) is 23.0 Å². The van der Waals surface area contributed by atoms with Gasteiger partial charge in [-0.2, -0.15) is 5.10 Å². The normalized spacial score (nSPS) is 10.8. The van der Waals surface area contributed by atoms with Crippen molar-refractivity contribution in [2.24, 2.45) is 0 Å². The predicted molar refractivity (Wildman–Crippen MR) is 90.1 cm³/mol. The van der Waals surface area contributed by atoms with Crippen molar-refractivity contribution in [3.8, 4) is 16.9 Å². The summed E-state index contributed by atoms with van der Waals surface area (Å²) < 4.78 is 6.46. The quantitative estimate of drug-likeness (QED) is 0.545. The zero-order chi connectivity index (χ0) is 16.1. The van der Waals surface area contributed by atoms with Gasteiger partial charge in [0.1, 0.15) is 0 Å². The third-order valence-corrected chi connectivity index (χ3v) is 3.41. The number of nitrogens with zero attached hydrogens (tertiary/aromatic N) is 2. The molecular weight excluding hydrogens is 288 g/mol. The lowest BCUT2D eigenvalue weighted by atomic mass is 10.1. The zero-order valence-electron chi connectivity index (χ0n) is 12.7. The molecule has 0 spiro atoms. The maximum absolute atomic E-state index is 11.4. The molecule has 0 atom stereocenters. The maximum atomic E-state index is 11.4. The van der Waals surface area contributed by atoms with Gasteiger partial charge in [-0.1, -0.05) is 48.5 Å². The Bertz CT molecular complexity index is 821. The Morgan fingerprint density at radius 2 is 1.70 bits per heavy atom. The molecule has 0 amide bonds. The van der Waals surface area contributed by atoms with Crippen LogP contribution in [0.1, 0.15) is 5.56 Å². The average Bonchev–Trinajstić information content (AvgIpc) is 3.05. The van der Waals surface area contributed by atoms with E-state index in [2.05, 4.69) is 9.84 Å². The molecule has 0 fully saturated rings. The molecule has 4 heteroatoms. The summed E-state index contributed by atoms with van der Waals surface area (Å²) in [4.78, 5) is 11.4. The third-order valence-electron chi connectivity index (χ3n) is 3.41. The number of rotatable bonds is 4. The van der Waals surface area contributed by atoms with Crippen LogP contribution in [-0.2, 0) is 9.53 Å². The number of benzene rings is 2. The molecule has 114 valence electrons. The molecule has 23 heavy (non-hydrogen) atoms. The number of hydrogen-bond donors (Lipinski definition) is 0. The molecule has 2 aromatic carbocycles. The number of para-hydroxylation sites is 1. The summed E-state index contributed by atoms with van der Waals surface area (Å²) in [5, 5.41) is 4.67. The lowest BCUT2D eigenvalue weighted by Gasteiger charge is -2.00. The molecule has 3 aromatic rings. The number of methoxy groups -OCH3 is 1. The highest BCUT2D eigenvalue weighted by Crippen LogP contribution is 2.24. The van der Waals surface area contributed by atoms with Gasteiger partial charge in [-0.25, -0.2) is 9.48 Å². The Balaban J connectivity index is 2.07. The van der Waals surface area contributed by atoms with Gasteiger partial charge in [-0.05, 0) is 18.2 Å². The summed E-state index contributed by atoms with van der Waals surface area (Å²) in [5.41, 5.74) is 3.62. The van der Waals surface area contributed by atoms with Crippen LogP contribution < -0.4 is 0 Å². The molecule has 0 aliphatic rings. The number of ether oxygens (including phenoxy) is 1. The summed E-state index contributed by atoms with van der Waals surface area (Å²) in [6.07, 6.45) is 5.02. The fourth-order valence-electron chi connectivity index (χ4n) is 2.27. The monoisotopic (exact) mass is 304 g/mol. The van der Waals surface area contributed by atoms with Crippen molar-refractivity contribution < 1.29 is 9.53 Å². The minimum absolute atomic E-state index is 0.392. The second kappa shape index (κ2) is 6.75. The Morgan fingerprint density at radius 3 is 2.35 bits per heavy atom. The summed E-state index contributed by atoms with van der Waals surface area (Å²) >= 11 is 0. The largest absolute Gasteiger partial charge is 0.466 e. The van der Waals surface area contributed by atoms with Gasteiger partial charge in [0.05, 0.1) is 18.5 Å². The van der Waals surface area contributed by atoms with E-state index in [9.17, 15) is 4.79 Å². The van der Waals surface area contributed by atoms with Gasteiger partial charge < -0.3 is 4.74 Å². The molecule has 0 N–H and O–H groups in total. The first-order chi connectivity index (χ1) is 11.3. The third kappa shape index (κ3) is 3.37. The highest BCUT2D eigenvalue weighted by atomic mass is 16.5. The van der Waals surface area contributed by atoms with Crippen LogP contribution in [0.4, 0.5) is 0 Å².